The van der Waals surface area contributed by atoms with Gasteiger partial charge < -0.3 is 4.74 Å². The average Bonchev–Trinajstić information content (AvgIpc) is 2.16. The van der Waals surface area contributed by atoms with Gasteiger partial charge in [-0.1, -0.05) is 13.8 Å². The lowest BCUT2D eigenvalue weighted by Gasteiger charge is -2.21. The maximum Gasteiger partial charge on any atom is 0.133 e. The largest absolute Gasteiger partial charge is 0.381 e. The molecule has 0 saturated carbocycles. The van der Waals surface area contributed by atoms with Gasteiger partial charge in [0.1, 0.15) is 5.78 Å². The van der Waals surface area contributed by atoms with Gasteiger partial charge in [0.2, 0.25) is 0 Å². The van der Waals surface area contributed by atoms with Gasteiger partial charge in [0.15, 0.2) is 0 Å². The number of ether oxygens (including phenoxy) is 1. The lowest BCUT2D eigenvalue weighted by molar-refractivity contribution is -0.120. The number of carbonyl (C=O) groups is 1. The van der Waals surface area contributed by atoms with E-state index in [4.69, 9.17) is 4.74 Å². The van der Waals surface area contributed by atoms with E-state index >= 15 is 0 Å². The number of Topliss-reactive ketones (excluding diaryl/α,β-unsaturated/α-hetero) is 1. The van der Waals surface area contributed by atoms with Crippen molar-refractivity contribution in [3.63, 3.8) is 0 Å². The van der Waals surface area contributed by atoms with E-state index < -0.39 is 0 Å². The van der Waals surface area contributed by atoms with Crippen LogP contribution in [0.5, 0.6) is 0 Å². The highest BCUT2D eigenvalue weighted by Crippen LogP contribution is 2.20. The molecule has 1 rings (SSSR count). The summed E-state index contributed by atoms with van der Waals surface area (Å²) in [6.45, 7) is 6.04. The van der Waals surface area contributed by atoms with Gasteiger partial charge in [-0.05, 0) is 31.1 Å². The van der Waals surface area contributed by atoms with Crippen LogP contribution in [-0.2, 0) is 9.53 Å². The minimum absolute atomic E-state index is 0.450. The van der Waals surface area contributed by atoms with Gasteiger partial charge in [-0.2, -0.15) is 0 Å². The Kier molecular flexibility index (Phi) is 5.16. The summed E-state index contributed by atoms with van der Waals surface area (Å²) in [5.74, 6) is 1.70. The molecule has 0 radical (unpaired) electrons. The molecule has 0 N–H and O–H groups in total. The SMILES string of the molecule is CC(C)CCC(=O)CC1CCOCC1. The van der Waals surface area contributed by atoms with Gasteiger partial charge in [0.25, 0.3) is 0 Å². The first-order valence-electron chi connectivity index (χ1n) is 5.78. The molecule has 0 aliphatic carbocycles. The molecule has 14 heavy (non-hydrogen) atoms. The van der Waals surface area contributed by atoms with Crippen molar-refractivity contribution in [1.29, 1.82) is 0 Å². The fourth-order valence-electron chi connectivity index (χ4n) is 1.82. The molecule has 1 aliphatic rings. The molecule has 2 nitrogen and oxygen atoms in total. The summed E-state index contributed by atoms with van der Waals surface area (Å²) in [5.41, 5.74) is 0. The summed E-state index contributed by atoms with van der Waals surface area (Å²) >= 11 is 0. The van der Waals surface area contributed by atoms with Crippen LogP contribution in [-0.4, -0.2) is 19.0 Å². The molecule has 0 unspecified atom stereocenters. The van der Waals surface area contributed by atoms with Crippen molar-refractivity contribution in [3.8, 4) is 0 Å². The van der Waals surface area contributed by atoms with E-state index in [2.05, 4.69) is 13.8 Å². The Morgan fingerprint density at radius 1 is 1.36 bits per heavy atom. The van der Waals surface area contributed by atoms with E-state index in [0.29, 0.717) is 17.6 Å². The van der Waals surface area contributed by atoms with Gasteiger partial charge in [-0.15, -0.1) is 0 Å². The lowest BCUT2D eigenvalue weighted by atomic mass is 9.92. The highest BCUT2D eigenvalue weighted by Gasteiger charge is 2.17. The summed E-state index contributed by atoms with van der Waals surface area (Å²) in [7, 11) is 0. The van der Waals surface area contributed by atoms with Gasteiger partial charge in [-0.25, -0.2) is 0 Å². The van der Waals surface area contributed by atoms with E-state index in [0.717, 1.165) is 45.3 Å². The Hall–Kier alpha value is -0.370. The van der Waals surface area contributed by atoms with Crippen molar-refractivity contribution < 1.29 is 9.53 Å². The molecule has 0 aromatic heterocycles. The molecule has 0 atom stereocenters. The Morgan fingerprint density at radius 3 is 2.57 bits per heavy atom. The Morgan fingerprint density at radius 2 is 2.00 bits per heavy atom. The highest BCUT2D eigenvalue weighted by atomic mass is 16.5. The number of rotatable bonds is 5. The topological polar surface area (TPSA) is 26.3 Å². The predicted octanol–water partition coefficient (Wildman–Crippen LogP) is 2.81. The lowest BCUT2D eigenvalue weighted by Crippen LogP contribution is -2.18. The Balaban J connectivity index is 2.12. The van der Waals surface area contributed by atoms with Crippen LogP contribution in [0.15, 0.2) is 0 Å². The second-order valence-corrected chi connectivity index (χ2v) is 4.73. The first-order chi connectivity index (χ1) is 6.68. The van der Waals surface area contributed by atoms with Crippen LogP contribution in [0.4, 0.5) is 0 Å². The van der Waals surface area contributed by atoms with Crippen LogP contribution < -0.4 is 0 Å². The van der Waals surface area contributed by atoms with E-state index in [1.807, 2.05) is 0 Å². The van der Waals surface area contributed by atoms with Crippen molar-refractivity contribution in [1.82, 2.24) is 0 Å². The number of ketones is 1. The number of hydrogen-bond donors (Lipinski definition) is 0. The fourth-order valence-corrected chi connectivity index (χ4v) is 1.82. The standard InChI is InChI=1S/C12H22O2/c1-10(2)3-4-12(13)9-11-5-7-14-8-6-11/h10-11H,3-9H2,1-2H3. The van der Waals surface area contributed by atoms with Crippen molar-refractivity contribution in [2.24, 2.45) is 11.8 Å². The van der Waals surface area contributed by atoms with E-state index in [9.17, 15) is 4.79 Å². The van der Waals surface area contributed by atoms with Crippen LogP contribution in [0.3, 0.4) is 0 Å². The maximum atomic E-state index is 11.6. The van der Waals surface area contributed by atoms with Crippen molar-refractivity contribution >= 4 is 5.78 Å². The molecule has 0 aromatic rings. The molecule has 0 bridgehead atoms. The van der Waals surface area contributed by atoms with Gasteiger partial charge in [0, 0.05) is 26.1 Å². The smallest absolute Gasteiger partial charge is 0.133 e. The molecule has 0 spiro atoms. The summed E-state index contributed by atoms with van der Waals surface area (Å²) in [4.78, 5) is 11.6. The quantitative estimate of drug-likeness (QED) is 0.679. The van der Waals surface area contributed by atoms with Crippen LogP contribution in [0.2, 0.25) is 0 Å². The third kappa shape index (κ3) is 4.75. The molecule has 0 aromatic carbocycles. The zero-order valence-electron chi connectivity index (χ0n) is 9.42. The molecule has 1 heterocycles. The van der Waals surface area contributed by atoms with Crippen LogP contribution in [0.1, 0.15) is 46.0 Å². The minimum Gasteiger partial charge on any atom is -0.381 e. The van der Waals surface area contributed by atoms with Gasteiger partial charge in [0.05, 0.1) is 0 Å². The molecular formula is C12H22O2. The van der Waals surface area contributed by atoms with Crippen LogP contribution in [0, 0.1) is 11.8 Å². The van der Waals surface area contributed by atoms with Crippen molar-refractivity contribution in [3.05, 3.63) is 0 Å². The molecule has 1 aliphatic heterocycles. The highest BCUT2D eigenvalue weighted by molar-refractivity contribution is 5.78. The van der Waals surface area contributed by atoms with Gasteiger partial charge >= 0.3 is 0 Å². The van der Waals surface area contributed by atoms with Crippen molar-refractivity contribution in [2.75, 3.05) is 13.2 Å². The molecule has 2 heteroatoms. The van der Waals surface area contributed by atoms with Crippen LogP contribution in [0.25, 0.3) is 0 Å². The first-order valence-corrected chi connectivity index (χ1v) is 5.78. The zero-order chi connectivity index (χ0) is 10.4. The molecular weight excluding hydrogens is 176 g/mol. The molecule has 1 saturated heterocycles. The third-order valence-corrected chi connectivity index (χ3v) is 2.86. The zero-order valence-corrected chi connectivity index (χ0v) is 9.42. The fraction of sp³-hybridized carbons (Fsp3) is 0.917. The normalized spacial score (nSPS) is 18.8. The van der Waals surface area contributed by atoms with E-state index in [-0.39, 0.29) is 0 Å². The monoisotopic (exact) mass is 198 g/mol. The molecule has 0 amide bonds. The first kappa shape index (κ1) is 11.7. The van der Waals surface area contributed by atoms with E-state index in [1.165, 1.54) is 0 Å². The summed E-state index contributed by atoms with van der Waals surface area (Å²) in [6, 6.07) is 0. The average molecular weight is 198 g/mol. The van der Waals surface area contributed by atoms with Gasteiger partial charge in [-0.3, -0.25) is 4.79 Å². The number of hydrogen-bond acceptors (Lipinski definition) is 2. The van der Waals surface area contributed by atoms with Crippen molar-refractivity contribution in [2.45, 2.75) is 46.0 Å². The third-order valence-electron chi connectivity index (χ3n) is 2.86. The summed E-state index contributed by atoms with van der Waals surface area (Å²) < 4.78 is 5.27. The maximum absolute atomic E-state index is 11.6. The van der Waals surface area contributed by atoms with E-state index in [1.54, 1.807) is 0 Å². The summed E-state index contributed by atoms with van der Waals surface area (Å²) in [5, 5.41) is 0. The molecule has 1 fully saturated rings. The van der Waals surface area contributed by atoms with Crippen LogP contribution >= 0.6 is 0 Å². The predicted molar refractivity (Wildman–Crippen MR) is 57.2 cm³/mol. The minimum atomic E-state index is 0.450. The molecule has 82 valence electrons. The Bertz CT molecular complexity index is 169. The second kappa shape index (κ2) is 6.18. The summed E-state index contributed by atoms with van der Waals surface area (Å²) in [6.07, 6.45) is 4.76. The second-order valence-electron chi connectivity index (χ2n) is 4.73. The Labute approximate surface area is 87.0 Å². The number of carbonyl (C=O) groups excluding carboxylic acids is 1.